The second-order valence-electron chi connectivity index (χ2n) is 5.76. The van der Waals surface area contributed by atoms with Crippen LogP contribution in [0.4, 0.5) is 0 Å². The Balaban J connectivity index is 2.17. The van der Waals surface area contributed by atoms with E-state index in [2.05, 4.69) is 48.8 Å². The molecule has 2 aromatic heterocycles. The van der Waals surface area contributed by atoms with Gasteiger partial charge in [0, 0.05) is 36.3 Å². The van der Waals surface area contributed by atoms with Gasteiger partial charge in [-0.2, -0.15) is 0 Å². The number of nitrogens with zero attached hydrogens (tertiary/aromatic N) is 2. The molecule has 0 unspecified atom stereocenters. The van der Waals surface area contributed by atoms with Crippen LogP contribution in [0.1, 0.15) is 33.3 Å². The molecule has 1 N–H and O–H groups in total. The Morgan fingerprint density at radius 1 is 1.25 bits per heavy atom. The van der Waals surface area contributed by atoms with Crippen LogP contribution in [0, 0.1) is 0 Å². The van der Waals surface area contributed by atoms with Gasteiger partial charge in [-0.15, -0.1) is 0 Å². The van der Waals surface area contributed by atoms with Crippen molar-refractivity contribution in [1.82, 2.24) is 14.9 Å². The van der Waals surface area contributed by atoms with E-state index in [9.17, 15) is 0 Å². The third-order valence-corrected chi connectivity index (χ3v) is 3.80. The summed E-state index contributed by atoms with van der Waals surface area (Å²) in [5, 5.41) is 1.21. The second-order valence-corrected chi connectivity index (χ2v) is 5.76. The van der Waals surface area contributed by atoms with Crippen molar-refractivity contribution in [3.8, 4) is 5.88 Å². The zero-order valence-electron chi connectivity index (χ0n) is 13.1. The number of aromatic amines is 1. The molecule has 4 nitrogen and oxygen atoms in total. The highest BCUT2D eigenvalue weighted by atomic mass is 16.5. The maximum Gasteiger partial charge on any atom is 0.213 e. The molecule has 4 heteroatoms. The SMILES string of the molecule is COc1cc2c(CCN(C(C)C)C(C)C)c[nH]c2cn1. The van der Waals surface area contributed by atoms with E-state index in [-0.39, 0.29) is 0 Å². The van der Waals surface area contributed by atoms with Gasteiger partial charge in [0.15, 0.2) is 0 Å². The molecule has 0 radical (unpaired) electrons. The van der Waals surface area contributed by atoms with Crippen molar-refractivity contribution in [3.05, 3.63) is 24.0 Å². The standard InChI is InChI=1S/C16H25N3O/c1-11(2)19(12(3)4)7-6-13-9-17-15-10-18-16(20-5)8-14(13)15/h8-12,17H,6-7H2,1-5H3. The minimum absolute atomic E-state index is 0.566. The lowest BCUT2D eigenvalue weighted by molar-refractivity contribution is 0.177. The lowest BCUT2D eigenvalue weighted by Gasteiger charge is -2.30. The Morgan fingerprint density at radius 2 is 1.95 bits per heavy atom. The first-order valence-electron chi connectivity index (χ1n) is 7.28. The molecule has 0 saturated carbocycles. The topological polar surface area (TPSA) is 41.1 Å². The van der Waals surface area contributed by atoms with Crippen molar-refractivity contribution < 1.29 is 4.74 Å². The molecule has 2 aromatic rings. The van der Waals surface area contributed by atoms with Crippen molar-refractivity contribution in [2.75, 3.05) is 13.7 Å². The average Bonchev–Trinajstić information content (AvgIpc) is 2.80. The van der Waals surface area contributed by atoms with Crippen LogP contribution < -0.4 is 4.74 Å². The summed E-state index contributed by atoms with van der Waals surface area (Å²) in [7, 11) is 1.65. The van der Waals surface area contributed by atoms with Crippen LogP contribution in [-0.2, 0) is 6.42 Å². The van der Waals surface area contributed by atoms with Crippen molar-refractivity contribution in [2.24, 2.45) is 0 Å². The Labute approximate surface area is 121 Å². The highest BCUT2D eigenvalue weighted by Gasteiger charge is 2.14. The van der Waals surface area contributed by atoms with Crippen LogP contribution in [0.15, 0.2) is 18.5 Å². The molecule has 0 aromatic carbocycles. The molecule has 0 aliphatic heterocycles. The van der Waals surface area contributed by atoms with Gasteiger partial charge in [-0.1, -0.05) is 0 Å². The third-order valence-electron chi connectivity index (χ3n) is 3.80. The van der Waals surface area contributed by atoms with E-state index in [1.165, 1.54) is 10.9 Å². The van der Waals surface area contributed by atoms with Gasteiger partial charge in [0.05, 0.1) is 18.8 Å². The smallest absolute Gasteiger partial charge is 0.213 e. The van der Waals surface area contributed by atoms with Gasteiger partial charge >= 0.3 is 0 Å². The van der Waals surface area contributed by atoms with Crippen molar-refractivity contribution in [2.45, 2.75) is 46.2 Å². The number of aromatic nitrogens is 2. The molecule has 0 aliphatic carbocycles. The average molecular weight is 275 g/mol. The summed E-state index contributed by atoms with van der Waals surface area (Å²) in [6.45, 7) is 10.1. The lowest BCUT2D eigenvalue weighted by atomic mass is 10.1. The number of rotatable bonds is 6. The summed E-state index contributed by atoms with van der Waals surface area (Å²) >= 11 is 0. The van der Waals surface area contributed by atoms with E-state index in [0.29, 0.717) is 18.0 Å². The maximum absolute atomic E-state index is 5.21. The summed E-state index contributed by atoms with van der Waals surface area (Å²) < 4.78 is 5.21. The molecule has 0 fully saturated rings. The number of H-pyrrole nitrogens is 1. The van der Waals surface area contributed by atoms with Crippen LogP contribution in [0.5, 0.6) is 5.88 Å². The summed E-state index contributed by atoms with van der Waals surface area (Å²) in [5.41, 5.74) is 2.40. The fourth-order valence-corrected chi connectivity index (χ4v) is 2.74. The number of ether oxygens (including phenoxy) is 1. The summed E-state index contributed by atoms with van der Waals surface area (Å²) in [5.74, 6) is 0.669. The Hall–Kier alpha value is -1.55. The van der Waals surface area contributed by atoms with Crippen molar-refractivity contribution >= 4 is 10.9 Å². The van der Waals surface area contributed by atoms with Gasteiger partial charge in [-0.25, -0.2) is 4.98 Å². The monoisotopic (exact) mass is 275 g/mol. The lowest BCUT2D eigenvalue weighted by Crippen LogP contribution is -2.38. The van der Waals surface area contributed by atoms with Gasteiger partial charge in [-0.05, 0) is 39.7 Å². The van der Waals surface area contributed by atoms with E-state index in [4.69, 9.17) is 4.74 Å². The number of nitrogens with one attached hydrogen (secondary N) is 1. The minimum Gasteiger partial charge on any atom is -0.481 e. The van der Waals surface area contributed by atoms with Crippen LogP contribution >= 0.6 is 0 Å². The van der Waals surface area contributed by atoms with Crippen LogP contribution in [0.25, 0.3) is 10.9 Å². The van der Waals surface area contributed by atoms with Gasteiger partial charge in [0.1, 0.15) is 0 Å². The molecule has 0 saturated heterocycles. The molecule has 0 spiro atoms. The normalized spacial score (nSPS) is 12.0. The molecular weight excluding hydrogens is 250 g/mol. The zero-order chi connectivity index (χ0) is 14.7. The fraction of sp³-hybridized carbons (Fsp3) is 0.562. The van der Waals surface area contributed by atoms with Crippen LogP contribution in [-0.4, -0.2) is 40.6 Å². The zero-order valence-corrected chi connectivity index (χ0v) is 13.1. The van der Waals surface area contributed by atoms with Crippen molar-refractivity contribution in [3.63, 3.8) is 0 Å². The molecule has 0 amide bonds. The summed E-state index contributed by atoms with van der Waals surface area (Å²) in [4.78, 5) is 10.0. The predicted octanol–water partition coefficient (Wildman–Crippen LogP) is 3.23. The van der Waals surface area contributed by atoms with Gasteiger partial charge in [0.2, 0.25) is 5.88 Å². The van der Waals surface area contributed by atoms with Gasteiger partial charge < -0.3 is 9.72 Å². The van der Waals surface area contributed by atoms with Crippen LogP contribution in [0.2, 0.25) is 0 Å². The first kappa shape index (κ1) is 14.9. The molecule has 2 heterocycles. The third kappa shape index (κ3) is 3.12. The second kappa shape index (κ2) is 6.27. The van der Waals surface area contributed by atoms with E-state index >= 15 is 0 Å². The molecule has 110 valence electrons. The van der Waals surface area contributed by atoms with Gasteiger partial charge in [-0.3, -0.25) is 4.90 Å². The molecule has 0 aliphatic rings. The van der Waals surface area contributed by atoms with Crippen molar-refractivity contribution in [1.29, 1.82) is 0 Å². The Morgan fingerprint density at radius 3 is 2.55 bits per heavy atom. The Kier molecular flexibility index (Phi) is 4.65. The minimum atomic E-state index is 0.566. The number of hydrogen-bond acceptors (Lipinski definition) is 3. The molecule has 20 heavy (non-hydrogen) atoms. The first-order chi connectivity index (χ1) is 9.52. The highest BCUT2D eigenvalue weighted by Crippen LogP contribution is 2.22. The Bertz CT molecular complexity index is 552. The molecular formula is C16H25N3O. The maximum atomic E-state index is 5.21. The molecule has 2 rings (SSSR count). The largest absolute Gasteiger partial charge is 0.481 e. The number of fused-ring (bicyclic) bond motifs is 1. The highest BCUT2D eigenvalue weighted by molar-refractivity contribution is 5.83. The first-order valence-corrected chi connectivity index (χ1v) is 7.28. The number of methoxy groups -OCH3 is 1. The van der Waals surface area contributed by atoms with E-state index in [1.807, 2.05) is 12.3 Å². The van der Waals surface area contributed by atoms with Gasteiger partial charge in [0.25, 0.3) is 0 Å². The number of hydrogen-bond donors (Lipinski definition) is 1. The fourth-order valence-electron chi connectivity index (χ4n) is 2.74. The molecule has 0 bridgehead atoms. The quantitative estimate of drug-likeness (QED) is 0.880. The summed E-state index contributed by atoms with van der Waals surface area (Å²) in [6.07, 6.45) is 4.95. The van der Waals surface area contributed by atoms with E-state index in [1.54, 1.807) is 7.11 Å². The molecule has 0 atom stereocenters. The number of pyridine rings is 1. The van der Waals surface area contributed by atoms with E-state index in [0.717, 1.165) is 18.5 Å². The van der Waals surface area contributed by atoms with E-state index < -0.39 is 0 Å². The summed E-state index contributed by atoms with van der Waals surface area (Å²) in [6, 6.07) is 3.14. The van der Waals surface area contributed by atoms with Crippen LogP contribution in [0.3, 0.4) is 0 Å². The predicted molar refractivity (Wildman–Crippen MR) is 83.3 cm³/mol.